The average Bonchev–Trinajstić information content (AvgIpc) is 2.85. The quantitative estimate of drug-likeness (QED) is 0.468. The first kappa shape index (κ1) is 27.8. The highest BCUT2D eigenvalue weighted by molar-refractivity contribution is 7.92. The van der Waals surface area contributed by atoms with E-state index in [0.29, 0.717) is 17.9 Å². The summed E-state index contributed by atoms with van der Waals surface area (Å²) in [6.07, 6.45) is 1.34. The second-order valence-electron chi connectivity index (χ2n) is 7.72. The maximum absolute atomic E-state index is 13.6. The highest BCUT2D eigenvalue weighted by Crippen LogP contribution is 2.34. The summed E-state index contributed by atoms with van der Waals surface area (Å²) in [5.41, 5.74) is 0.909. The molecule has 2 aromatic rings. The Labute approximate surface area is 206 Å². The number of nitrogens with zero attached hydrogens (tertiary/aromatic N) is 2. The molecule has 1 N–H and O–H groups in total. The van der Waals surface area contributed by atoms with Crippen LogP contribution in [0.15, 0.2) is 42.5 Å². The molecule has 0 aliphatic heterocycles. The third kappa shape index (κ3) is 7.01. The van der Waals surface area contributed by atoms with Gasteiger partial charge in [0.15, 0.2) is 0 Å². The fourth-order valence-electron chi connectivity index (χ4n) is 3.60. The van der Waals surface area contributed by atoms with Crippen molar-refractivity contribution in [1.82, 2.24) is 10.2 Å². The van der Waals surface area contributed by atoms with Crippen LogP contribution in [0, 0.1) is 0 Å². The van der Waals surface area contributed by atoms with Crippen molar-refractivity contribution in [2.45, 2.75) is 25.9 Å². The highest BCUT2D eigenvalue weighted by Gasteiger charge is 2.32. The van der Waals surface area contributed by atoms with Gasteiger partial charge in [0.1, 0.15) is 29.8 Å². The summed E-state index contributed by atoms with van der Waals surface area (Å²) in [6.45, 7) is 1.35. The summed E-state index contributed by atoms with van der Waals surface area (Å²) in [7, 11) is 1.99. The molecule has 0 aromatic heterocycles. The van der Waals surface area contributed by atoms with Gasteiger partial charge in [-0.3, -0.25) is 13.9 Å². The Morgan fingerprint density at radius 1 is 0.971 bits per heavy atom. The number of likely N-dealkylation sites (N-methyl/N-ethyl adjacent to an activating group) is 1. The van der Waals surface area contributed by atoms with Crippen molar-refractivity contribution in [3.05, 3.63) is 48.0 Å². The smallest absolute Gasteiger partial charge is 0.244 e. The van der Waals surface area contributed by atoms with E-state index >= 15 is 0 Å². The number of carbonyl (C=O) groups is 2. The number of rotatable bonds is 12. The van der Waals surface area contributed by atoms with Crippen LogP contribution in [0.5, 0.6) is 17.2 Å². The van der Waals surface area contributed by atoms with Crippen LogP contribution in [0.25, 0.3) is 0 Å². The van der Waals surface area contributed by atoms with Crippen LogP contribution in [0.4, 0.5) is 5.69 Å². The molecule has 0 saturated carbocycles. The van der Waals surface area contributed by atoms with E-state index in [9.17, 15) is 18.0 Å². The molecule has 0 fully saturated rings. The number of hydrogen-bond donors (Lipinski definition) is 1. The molecule has 10 nitrogen and oxygen atoms in total. The molecule has 1 unspecified atom stereocenters. The molecule has 11 heteroatoms. The number of sulfonamides is 1. The van der Waals surface area contributed by atoms with Gasteiger partial charge >= 0.3 is 0 Å². The van der Waals surface area contributed by atoms with Crippen LogP contribution in [-0.2, 0) is 26.2 Å². The zero-order valence-corrected chi connectivity index (χ0v) is 21.7. The number of ether oxygens (including phenoxy) is 3. The van der Waals surface area contributed by atoms with E-state index in [1.807, 2.05) is 0 Å². The van der Waals surface area contributed by atoms with E-state index < -0.39 is 28.5 Å². The molecule has 192 valence electrons. The Hall–Kier alpha value is -3.47. The molecule has 0 aliphatic rings. The summed E-state index contributed by atoms with van der Waals surface area (Å²) < 4.78 is 42.3. The van der Waals surface area contributed by atoms with Gasteiger partial charge in [-0.1, -0.05) is 19.1 Å². The van der Waals surface area contributed by atoms with Gasteiger partial charge in [-0.05, 0) is 36.2 Å². The van der Waals surface area contributed by atoms with Gasteiger partial charge in [-0.25, -0.2) is 8.42 Å². The van der Waals surface area contributed by atoms with Crippen LogP contribution in [0.3, 0.4) is 0 Å². The van der Waals surface area contributed by atoms with Crippen molar-refractivity contribution in [3.63, 3.8) is 0 Å². The number of nitrogens with one attached hydrogen (secondary N) is 1. The van der Waals surface area contributed by atoms with Gasteiger partial charge in [0.25, 0.3) is 0 Å². The Kier molecular flexibility index (Phi) is 9.76. The molecule has 2 rings (SSSR count). The van der Waals surface area contributed by atoms with E-state index in [4.69, 9.17) is 14.2 Å². The van der Waals surface area contributed by atoms with E-state index in [0.717, 1.165) is 16.1 Å². The molecule has 0 radical (unpaired) electrons. The Morgan fingerprint density at radius 2 is 1.57 bits per heavy atom. The topological polar surface area (TPSA) is 114 Å². The van der Waals surface area contributed by atoms with Crippen molar-refractivity contribution in [2.24, 2.45) is 0 Å². The molecule has 2 amide bonds. The van der Waals surface area contributed by atoms with E-state index in [-0.39, 0.29) is 23.9 Å². The second-order valence-corrected chi connectivity index (χ2v) is 9.62. The van der Waals surface area contributed by atoms with Crippen LogP contribution < -0.4 is 23.8 Å². The zero-order chi connectivity index (χ0) is 26.2. The zero-order valence-electron chi connectivity index (χ0n) is 20.9. The minimum atomic E-state index is -3.91. The number of carbonyl (C=O) groups excluding carboxylic acids is 2. The van der Waals surface area contributed by atoms with Crippen molar-refractivity contribution in [3.8, 4) is 17.2 Å². The molecule has 0 spiro atoms. The van der Waals surface area contributed by atoms with Gasteiger partial charge in [-0.15, -0.1) is 0 Å². The molecule has 0 saturated heterocycles. The summed E-state index contributed by atoms with van der Waals surface area (Å²) >= 11 is 0. The molecule has 2 aromatic carbocycles. The summed E-state index contributed by atoms with van der Waals surface area (Å²) in [5, 5.41) is 2.58. The lowest BCUT2D eigenvalue weighted by atomic mass is 10.1. The lowest BCUT2D eigenvalue weighted by Gasteiger charge is -2.33. The number of methoxy groups -OCH3 is 3. The van der Waals surface area contributed by atoms with E-state index in [1.165, 1.54) is 32.2 Å². The first-order valence-electron chi connectivity index (χ1n) is 10.9. The maximum Gasteiger partial charge on any atom is 0.244 e. The number of benzene rings is 2. The molecule has 0 bridgehead atoms. The normalized spacial score (nSPS) is 11.8. The fraction of sp³-hybridized carbons (Fsp3) is 0.417. The van der Waals surface area contributed by atoms with Gasteiger partial charge in [0.2, 0.25) is 21.8 Å². The molecule has 0 heterocycles. The number of amides is 2. The minimum absolute atomic E-state index is 0.0988. The summed E-state index contributed by atoms with van der Waals surface area (Å²) in [6, 6.07) is 10.9. The van der Waals surface area contributed by atoms with Gasteiger partial charge in [0.05, 0.1) is 33.3 Å². The van der Waals surface area contributed by atoms with E-state index in [1.54, 1.807) is 50.4 Å². The predicted octanol–water partition coefficient (Wildman–Crippen LogP) is 2.03. The maximum atomic E-state index is 13.6. The third-order valence-electron chi connectivity index (χ3n) is 5.48. The summed E-state index contributed by atoms with van der Waals surface area (Å²) in [4.78, 5) is 27.6. The van der Waals surface area contributed by atoms with Crippen molar-refractivity contribution >= 4 is 27.5 Å². The van der Waals surface area contributed by atoms with Gasteiger partial charge < -0.3 is 24.4 Å². The first-order valence-corrected chi connectivity index (χ1v) is 12.8. The third-order valence-corrected chi connectivity index (χ3v) is 6.60. The Balaban J connectivity index is 2.50. The van der Waals surface area contributed by atoms with Crippen LogP contribution in [0.1, 0.15) is 18.9 Å². The van der Waals surface area contributed by atoms with Crippen molar-refractivity contribution in [1.29, 1.82) is 0 Å². The molecule has 35 heavy (non-hydrogen) atoms. The SMILES string of the molecule is CCC(C(=O)NC)N(Cc1ccc(OC)cc1)C(=O)CN(c1cc(OC)ccc1OC)S(C)(=O)=O. The molecule has 0 aliphatic carbocycles. The largest absolute Gasteiger partial charge is 0.497 e. The lowest BCUT2D eigenvalue weighted by Crippen LogP contribution is -2.51. The highest BCUT2D eigenvalue weighted by atomic mass is 32.2. The van der Waals surface area contributed by atoms with Gasteiger partial charge in [-0.2, -0.15) is 0 Å². The second kappa shape index (κ2) is 12.3. The van der Waals surface area contributed by atoms with E-state index in [2.05, 4.69) is 5.32 Å². The Bertz CT molecular complexity index is 1120. The van der Waals surface area contributed by atoms with Crippen LogP contribution >= 0.6 is 0 Å². The van der Waals surface area contributed by atoms with Crippen molar-refractivity contribution < 1.29 is 32.2 Å². The monoisotopic (exact) mass is 507 g/mol. The Morgan fingerprint density at radius 3 is 2.06 bits per heavy atom. The molecular weight excluding hydrogens is 474 g/mol. The predicted molar refractivity (Wildman–Crippen MR) is 133 cm³/mol. The molecular formula is C24H33N3O7S. The van der Waals surface area contributed by atoms with Crippen LogP contribution in [0.2, 0.25) is 0 Å². The molecule has 1 atom stereocenters. The standard InChI is InChI=1S/C24H33N3O7S/c1-7-20(24(29)25-2)26(15-17-8-10-18(32-3)11-9-17)23(28)16-27(35(6,30)31)21-14-19(33-4)12-13-22(21)34-5/h8-14,20H,7,15-16H2,1-6H3,(H,25,29). The average molecular weight is 508 g/mol. The number of anilines is 1. The first-order chi connectivity index (χ1) is 16.6. The number of hydrogen-bond acceptors (Lipinski definition) is 7. The lowest BCUT2D eigenvalue weighted by molar-refractivity contribution is -0.140. The van der Waals surface area contributed by atoms with Gasteiger partial charge in [0, 0.05) is 19.7 Å². The van der Waals surface area contributed by atoms with Crippen LogP contribution in [-0.4, -0.2) is 72.4 Å². The summed E-state index contributed by atoms with van der Waals surface area (Å²) in [5.74, 6) is 0.405. The fourth-order valence-corrected chi connectivity index (χ4v) is 4.45. The minimum Gasteiger partial charge on any atom is -0.497 e. The van der Waals surface area contributed by atoms with Crippen molar-refractivity contribution in [2.75, 3.05) is 45.5 Å².